The minimum absolute atomic E-state index is 0. The third-order valence-electron chi connectivity index (χ3n) is 2.56. The first-order chi connectivity index (χ1) is 9.32. The highest BCUT2D eigenvalue weighted by Gasteiger charge is 2.07. The summed E-state index contributed by atoms with van der Waals surface area (Å²) in [5.74, 6) is 0.381. The minimum Gasteiger partial charge on any atom is -0.370 e. The molecule has 0 bridgehead atoms. The summed E-state index contributed by atoms with van der Waals surface area (Å²) < 4.78 is 25.1. The van der Waals surface area contributed by atoms with Crippen LogP contribution in [0, 0.1) is 0 Å². The number of nitrogens with two attached hydrogens (primary N) is 1. The van der Waals surface area contributed by atoms with Gasteiger partial charge in [0.25, 0.3) is 0 Å². The average Bonchev–Trinajstić information content (AvgIpc) is 2.37. The predicted molar refractivity (Wildman–Crippen MR) is 97.1 cm³/mol. The molecular formula is C13H23IN4O2S. The molecule has 120 valence electrons. The van der Waals surface area contributed by atoms with E-state index >= 15 is 0 Å². The Hall–Kier alpha value is -0.870. The van der Waals surface area contributed by atoms with E-state index in [1.54, 1.807) is 12.1 Å². The SMILES string of the molecule is CNS(=O)(=O)Cc1ccc(CN=C(N)NC(C)C)cc1.I. The normalized spacial score (nSPS) is 12.1. The third kappa shape index (κ3) is 8.22. The molecule has 4 N–H and O–H groups in total. The zero-order valence-electron chi connectivity index (χ0n) is 12.5. The summed E-state index contributed by atoms with van der Waals surface area (Å²) in [7, 11) is -1.83. The Morgan fingerprint density at radius 2 is 1.76 bits per heavy atom. The van der Waals surface area contributed by atoms with Crippen LogP contribution in [-0.2, 0) is 22.3 Å². The van der Waals surface area contributed by atoms with E-state index in [2.05, 4.69) is 15.0 Å². The number of nitrogens with zero attached hydrogens (tertiary/aromatic N) is 1. The van der Waals surface area contributed by atoms with Crippen molar-refractivity contribution in [2.75, 3.05) is 7.05 Å². The van der Waals surface area contributed by atoms with E-state index in [1.165, 1.54) is 7.05 Å². The van der Waals surface area contributed by atoms with Gasteiger partial charge in [-0.3, -0.25) is 0 Å². The van der Waals surface area contributed by atoms with E-state index in [0.717, 1.165) is 11.1 Å². The molecule has 1 aromatic rings. The summed E-state index contributed by atoms with van der Waals surface area (Å²) in [5, 5.41) is 3.00. The first kappa shape index (κ1) is 20.1. The van der Waals surface area contributed by atoms with Crippen LogP contribution in [0.5, 0.6) is 0 Å². The van der Waals surface area contributed by atoms with Crippen LogP contribution in [0.15, 0.2) is 29.3 Å². The van der Waals surface area contributed by atoms with Crippen molar-refractivity contribution >= 4 is 40.0 Å². The van der Waals surface area contributed by atoms with Crippen molar-refractivity contribution in [2.45, 2.75) is 32.2 Å². The Morgan fingerprint density at radius 3 is 2.24 bits per heavy atom. The number of rotatable bonds is 6. The summed E-state index contributed by atoms with van der Waals surface area (Å²) >= 11 is 0. The molecule has 0 spiro atoms. The van der Waals surface area contributed by atoms with E-state index in [9.17, 15) is 8.42 Å². The van der Waals surface area contributed by atoms with Gasteiger partial charge in [0.1, 0.15) is 0 Å². The van der Waals surface area contributed by atoms with Crippen LogP contribution in [0.2, 0.25) is 0 Å². The minimum atomic E-state index is -3.23. The lowest BCUT2D eigenvalue weighted by atomic mass is 10.1. The van der Waals surface area contributed by atoms with Gasteiger partial charge in [0.05, 0.1) is 12.3 Å². The number of sulfonamides is 1. The lowest BCUT2D eigenvalue weighted by molar-refractivity contribution is 0.587. The number of hydrogen-bond acceptors (Lipinski definition) is 3. The first-order valence-electron chi connectivity index (χ1n) is 6.38. The second kappa shape index (κ2) is 9.21. The van der Waals surface area contributed by atoms with Gasteiger partial charge in [-0.05, 0) is 32.0 Å². The number of hydrogen-bond donors (Lipinski definition) is 3. The van der Waals surface area contributed by atoms with Crippen molar-refractivity contribution in [3.8, 4) is 0 Å². The molecule has 1 rings (SSSR count). The Labute approximate surface area is 143 Å². The fourth-order valence-corrected chi connectivity index (χ4v) is 2.33. The van der Waals surface area contributed by atoms with E-state index in [-0.39, 0.29) is 35.8 Å². The standard InChI is InChI=1S/C13H22N4O2S.HI/c1-10(2)17-13(14)16-8-11-4-6-12(7-5-11)9-20(18,19)15-3;/h4-7,10,15H,8-9H2,1-3H3,(H3,14,16,17);1H. The summed E-state index contributed by atoms with van der Waals surface area (Å²) in [5.41, 5.74) is 7.42. The van der Waals surface area contributed by atoms with Crippen LogP contribution in [0.3, 0.4) is 0 Å². The number of aliphatic imine (C=N–C) groups is 1. The van der Waals surface area contributed by atoms with Gasteiger partial charge in [0, 0.05) is 6.04 Å². The second-order valence-electron chi connectivity index (χ2n) is 4.78. The summed E-state index contributed by atoms with van der Waals surface area (Å²) in [6, 6.07) is 7.52. The molecule has 0 aromatic heterocycles. The van der Waals surface area contributed by atoms with Crippen LogP contribution in [-0.4, -0.2) is 27.5 Å². The molecule has 0 unspecified atom stereocenters. The monoisotopic (exact) mass is 426 g/mol. The molecule has 0 radical (unpaired) electrons. The molecular weight excluding hydrogens is 403 g/mol. The molecule has 0 aliphatic rings. The average molecular weight is 426 g/mol. The summed E-state index contributed by atoms with van der Waals surface area (Å²) in [4.78, 5) is 4.21. The topological polar surface area (TPSA) is 96.6 Å². The van der Waals surface area contributed by atoms with E-state index in [1.807, 2.05) is 26.0 Å². The zero-order chi connectivity index (χ0) is 15.2. The molecule has 0 saturated heterocycles. The molecule has 6 nitrogen and oxygen atoms in total. The van der Waals surface area contributed by atoms with Gasteiger partial charge in [-0.25, -0.2) is 18.1 Å². The molecule has 0 heterocycles. The molecule has 0 fully saturated rings. The van der Waals surface area contributed by atoms with Gasteiger partial charge < -0.3 is 11.1 Å². The lowest BCUT2D eigenvalue weighted by Crippen LogP contribution is -2.36. The highest BCUT2D eigenvalue weighted by molar-refractivity contribution is 14.0. The highest BCUT2D eigenvalue weighted by Crippen LogP contribution is 2.08. The van der Waals surface area contributed by atoms with Gasteiger partial charge in [-0.15, -0.1) is 24.0 Å². The maximum Gasteiger partial charge on any atom is 0.215 e. The van der Waals surface area contributed by atoms with Crippen molar-refractivity contribution in [3.63, 3.8) is 0 Å². The molecule has 0 amide bonds. The largest absolute Gasteiger partial charge is 0.370 e. The maximum absolute atomic E-state index is 11.4. The Kier molecular flexibility index (Phi) is 8.83. The van der Waals surface area contributed by atoms with Crippen molar-refractivity contribution in [2.24, 2.45) is 10.7 Å². The van der Waals surface area contributed by atoms with Crippen LogP contribution in [0.4, 0.5) is 0 Å². The van der Waals surface area contributed by atoms with Gasteiger partial charge >= 0.3 is 0 Å². The van der Waals surface area contributed by atoms with E-state index < -0.39 is 10.0 Å². The smallest absolute Gasteiger partial charge is 0.215 e. The van der Waals surface area contributed by atoms with Crippen molar-refractivity contribution in [1.29, 1.82) is 0 Å². The third-order valence-corrected chi connectivity index (χ3v) is 3.89. The van der Waals surface area contributed by atoms with Crippen LogP contribution < -0.4 is 15.8 Å². The van der Waals surface area contributed by atoms with Crippen LogP contribution in [0.25, 0.3) is 0 Å². The van der Waals surface area contributed by atoms with Crippen LogP contribution in [0.1, 0.15) is 25.0 Å². The second-order valence-corrected chi connectivity index (χ2v) is 6.71. The highest BCUT2D eigenvalue weighted by atomic mass is 127. The molecule has 0 atom stereocenters. The van der Waals surface area contributed by atoms with Crippen molar-refractivity contribution in [3.05, 3.63) is 35.4 Å². The molecule has 0 saturated carbocycles. The maximum atomic E-state index is 11.4. The van der Waals surface area contributed by atoms with E-state index in [4.69, 9.17) is 5.73 Å². The predicted octanol–water partition coefficient (Wildman–Crippen LogP) is 1.17. The zero-order valence-corrected chi connectivity index (χ0v) is 15.6. The number of nitrogens with one attached hydrogen (secondary N) is 2. The summed E-state index contributed by atoms with van der Waals surface area (Å²) in [6.07, 6.45) is 0. The Morgan fingerprint density at radius 1 is 1.24 bits per heavy atom. The fraction of sp³-hybridized carbons (Fsp3) is 0.462. The van der Waals surface area contributed by atoms with Gasteiger partial charge in [-0.2, -0.15) is 0 Å². The quantitative estimate of drug-likeness (QED) is 0.362. The molecule has 8 heteroatoms. The summed E-state index contributed by atoms with van der Waals surface area (Å²) in [6.45, 7) is 4.43. The fourth-order valence-electron chi connectivity index (χ4n) is 1.55. The molecule has 0 aliphatic heterocycles. The van der Waals surface area contributed by atoms with Crippen molar-refractivity contribution in [1.82, 2.24) is 10.0 Å². The molecule has 1 aromatic carbocycles. The van der Waals surface area contributed by atoms with Crippen LogP contribution >= 0.6 is 24.0 Å². The lowest BCUT2D eigenvalue weighted by Gasteiger charge is -2.08. The van der Waals surface area contributed by atoms with Gasteiger partial charge in [0.15, 0.2) is 5.96 Å². The number of benzene rings is 1. The number of guanidine groups is 1. The van der Waals surface area contributed by atoms with Gasteiger partial charge in [-0.1, -0.05) is 24.3 Å². The first-order valence-corrected chi connectivity index (χ1v) is 8.03. The van der Waals surface area contributed by atoms with E-state index in [0.29, 0.717) is 12.5 Å². The Bertz CT molecular complexity index is 556. The molecule has 21 heavy (non-hydrogen) atoms. The molecule has 0 aliphatic carbocycles. The van der Waals surface area contributed by atoms with Crippen molar-refractivity contribution < 1.29 is 8.42 Å². The Balaban J connectivity index is 0.00000400. The number of halogens is 1. The van der Waals surface area contributed by atoms with Gasteiger partial charge in [0.2, 0.25) is 10.0 Å².